The molecule has 18 heavy (non-hydrogen) atoms. The Morgan fingerprint density at radius 3 is 2.28 bits per heavy atom. The van der Waals surface area contributed by atoms with Gasteiger partial charge in [0.15, 0.2) is 0 Å². The molecule has 1 aliphatic heterocycles. The Kier molecular flexibility index (Phi) is 3.60. The Hall–Kier alpha value is -1.51. The number of carbonyl (C=O) groups excluding carboxylic acids is 1. The highest BCUT2D eigenvalue weighted by atomic mass is 16.2. The summed E-state index contributed by atoms with van der Waals surface area (Å²) in [4.78, 5) is 15.3. The number of amides is 2. The van der Waals surface area contributed by atoms with E-state index in [-0.39, 0.29) is 12.1 Å². The van der Waals surface area contributed by atoms with Gasteiger partial charge in [0.05, 0.1) is 6.04 Å². The highest BCUT2D eigenvalue weighted by Gasteiger charge is 2.32. The SMILES string of the molecule is CC(C)Cc1ccc(C2CN(C)C(=O)N2C)cc1. The molecule has 98 valence electrons. The van der Waals surface area contributed by atoms with Crippen LogP contribution in [0.15, 0.2) is 24.3 Å². The molecule has 1 aliphatic rings. The lowest BCUT2D eigenvalue weighted by molar-refractivity contribution is 0.201. The Morgan fingerprint density at radius 1 is 1.22 bits per heavy atom. The van der Waals surface area contributed by atoms with Crippen LogP contribution in [0.2, 0.25) is 0 Å². The van der Waals surface area contributed by atoms with Crippen LogP contribution in [0.3, 0.4) is 0 Å². The largest absolute Gasteiger partial charge is 0.325 e. The van der Waals surface area contributed by atoms with Crippen molar-refractivity contribution in [1.29, 1.82) is 0 Å². The maximum absolute atomic E-state index is 11.8. The predicted molar refractivity (Wildman–Crippen MR) is 73.5 cm³/mol. The molecule has 0 N–H and O–H groups in total. The summed E-state index contributed by atoms with van der Waals surface area (Å²) in [7, 11) is 3.73. The van der Waals surface area contributed by atoms with E-state index in [0.29, 0.717) is 5.92 Å². The van der Waals surface area contributed by atoms with Crippen LogP contribution in [0.25, 0.3) is 0 Å². The molecule has 1 aromatic rings. The number of benzene rings is 1. The molecule has 0 saturated carbocycles. The fraction of sp³-hybridized carbons (Fsp3) is 0.533. The van der Waals surface area contributed by atoms with Crippen molar-refractivity contribution >= 4 is 6.03 Å². The first kappa shape index (κ1) is 12.9. The number of likely N-dealkylation sites (N-methyl/N-ethyl adjacent to an activating group) is 2. The fourth-order valence-electron chi connectivity index (χ4n) is 2.54. The van der Waals surface area contributed by atoms with Gasteiger partial charge in [0.25, 0.3) is 0 Å². The van der Waals surface area contributed by atoms with Gasteiger partial charge in [0.2, 0.25) is 0 Å². The molecule has 1 aromatic carbocycles. The van der Waals surface area contributed by atoms with Gasteiger partial charge >= 0.3 is 6.03 Å². The zero-order valence-electron chi connectivity index (χ0n) is 11.7. The van der Waals surface area contributed by atoms with Crippen LogP contribution in [0.4, 0.5) is 4.79 Å². The van der Waals surface area contributed by atoms with Crippen LogP contribution >= 0.6 is 0 Å². The first-order chi connectivity index (χ1) is 8.49. The fourth-order valence-corrected chi connectivity index (χ4v) is 2.54. The van der Waals surface area contributed by atoms with Gasteiger partial charge in [0.1, 0.15) is 0 Å². The molecular formula is C15H22N2O. The Balaban J connectivity index is 2.13. The van der Waals surface area contributed by atoms with Crippen molar-refractivity contribution in [3.63, 3.8) is 0 Å². The third-order valence-electron chi connectivity index (χ3n) is 3.55. The van der Waals surface area contributed by atoms with Crippen LogP contribution in [0, 0.1) is 5.92 Å². The van der Waals surface area contributed by atoms with E-state index in [4.69, 9.17) is 0 Å². The van der Waals surface area contributed by atoms with Crippen LogP contribution in [-0.4, -0.2) is 36.5 Å². The van der Waals surface area contributed by atoms with E-state index in [2.05, 4.69) is 38.1 Å². The number of hydrogen-bond donors (Lipinski definition) is 0. The molecular weight excluding hydrogens is 224 g/mol. The number of carbonyl (C=O) groups is 1. The lowest BCUT2D eigenvalue weighted by Gasteiger charge is -2.18. The third kappa shape index (κ3) is 2.50. The molecule has 1 unspecified atom stereocenters. The second-order valence-corrected chi connectivity index (χ2v) is 5.63. The van der Waals surface area contributed by atoms with Crippen LogP contribution in [-0.2, 0) is 6.42 Å². The Labute approximate surface area is 109 Å². The summed E-state index contributed by atoms with van der Waals surface area (Å²) in [5.41, 5.74) is 2.59. The Bertz CT molecular complexity index is 425. The summed E-state index contributed by atoms with van der Waals surface area (Å²) in [5.74, 6) is 0.678. The molecule has 0 aromatic heterocycles. The van der Waals surface area contributed by atoms with Gasteiger partial charge in [-0.2, -0.15) is 0 Å². The van der Waals surface area contributed by atoms with Crippen LogP contribution in [0.5, 0.6) is 0 Å². The van der Waals surface area contributed by atoms with Crippen molar-refractivity contribution < 1.29 is 4.79 Å². The maximum Gasteiger partial charge on any atom is 0.320 e. The first-order valence-electron chi connectivity index (χ1n) is 6.55. The highest BCUT2D eigenvalue weighted by molar-refractivity contribution is 5.76. The summed E-state index contributed by atoms with van der Waals surface area (Å²) in [5, 5.41) is 0. The van der Waals surface area contributed by atoms with Gasteiger partial charge < -0.3 is 9.80 Å². The van der Waals surface area contributed by atoms with Crippen molar-refractivity contribution in [3.05, 3.63) is 35.4 Å². The minimum atomic E-state index is 0.103. The third-order valence-corrected chi connectivity index (χ3v) is 3.55. The average molecular weight is 246 g/mol. The molecule has 0 bridgehead atoms. The number of rotatable bonds is 3. The van der Waals surface area contributed by atoms with Crippen molar-refractivity contribution in [2.75, 3.05) is 20.6 Å². The van der Waals surface area contributed by atoms with Gasteiger partial charge in [-0.05, 0) is 23.5 Å². The standard InChI is InChI=1S/C15H22N2O/c1-11(2)9-12-5-7-13(8-6-12)14-10-16(3)15(18)17(14)4/h5-8,11,14H,9-10H2,1-4H3. The van der Waals surface area contributed by atoms with E-state index in [0.717, 1.165) is 13.0 Å². The van der Waals surface area contributed by atoms with Crippen molar-refractivity contribution in [2.24, 2.45) is 5.92 Å². The zero-order chi connectivity index (χ0) is 13.3. The molecule has 1 fully saturated rings. The number of nitrogens with zero attached hydrogens (tertiary/aromatic N) is 2. The monoisotopic (exact) mass is 246 g/mol. The molecule has 1 atom stereocenters. The van der Waals surface area contributed by atoms with Gasteiger partial charge in [0, 0.05) is 20.6 Å². The summed E-state index contributed by atoms with van der Waals surface area (Å²) < 4.78 is 0. The molecule has 0 radical (unpaired) electrons. The van der Waals surface area contributed by atoms with E-state index in [1.54, 1.807) is 4.90 Å². The minimum absolute atomic E-state index is 0.103. The van der Waals surface area contributed by atoms with Gasteiger partial charge in [-0.15, -0.1) is 0 Å². The highest BCUT2D eigenvalue weighted by Crippen LogP contribution is 2.27. The van der Waals surface area contributed by atoms with Crippen molar-refractivity contribution in [3.8, 4) is 0 Å². The summed E-state index contributed by atoms with van der Waals surface area (Å²) in [6.07, 6.45) is 1.11. The zero-order valence-corrected chi connectivity index (χ0v) is 11.7. The molecule has 2 rings (SSSR count). The van der Waals surface area contributed by atoms with E-state index in [1.807, 2.05) is 19.0 Å². The minimum Gasteiger partial charge on any atom is -0.325 e. The molecule has 0 spiro atoms. The summed E-state index contributed by atoms with van der Waals surface area (Å²) in [6, 6.07) is 8.98. The Morgan fingerprint density at radius 2 is 1.83 bits per heavy atom. The van der Waals surface area contributed by atoms with Gasteiger partial charge in [-0.1, -0.05) is 38.1 Å². The molecule has 3 nitrogen and oxygen atoms in total. The van der Waals surface area contributed by atoms with E-state index in [9.17, 15) is 4.79 Å². The van der Waals surface area contributed by atoms with Crippen molar-refractivity contribution in [1.82, 2.24) is 9.80 Å². The molecule has 2 amide bonds. The lowest BCUT2D eigenvalue weighted by Crippen LogP contribution is -2.26. The van der Waals surface area contributed by atoms with E-state index < -0.39 is 0 Å². The molecule has 0 aliphatic carbocycles. The first-order valence-corrected chi connectivity index (χ1v) is 6.55. The predicted octanol–water partition coefficient (Wildman–Crippen LogP) is 2.92. The number of hydrogen-bond acceptors (Lipinski definition) is 1. The quantitative estimate of drug-likeness (QED) is 0.804. The second-order valence-electron chi connectivity index (χ2n) is 5.63. The van der Waals surface area contributed by atoms with Crippen LogP contribution in [0.1, 0.15) is 31.0 Å². The van der Waals surface area contributed by atoms with E-state index >= 15 is 0 Å². The summed E-state index contributed by atoms with van der Waals surface area (Å²) >= 11 is 0. The molecule has 1 heterocycles. The smallest absolute Gasteiger partial charge is 0.320 e. The van der Waals surface area contributed by atoms with Crippen LogP contribution < -0.4 is 0 Å². The number of urea groups is 1. The molecule has 1 saturated heterocycles. The lowest BCUT2D eigenvalue weighted by atomic mass is 9.99. The summed E-state index contributed by atoms with van der Waals surface area (Å²) in [6.45, 7) is 5.23. The van der Waals surface area contributed by atoms with E-state index in [1.165, 1.54) is 11.1 Å². The topological polar surface area (TPSA) is 23.6 Å². The second kappa shape index (κ2) is 5.01. The van der Waals surface area contributed by atoms with Gasteiger partial charge in [-0.25, -0.2) is 4.79 Å². The van der Waals surface area contributed by atoms with Gasteiger partial charge in [-0.3, -0.25) is 0 Å². The van der Waals surface area contributed by atoms with Crippen molar-refractivity contribution in [2.45, 2.75) is 26.3 Å². The normalized spacial score (nSPS) is 20.1. The molecule has 3 heteroatoms. The average Bonchev–Trinajstić information content (AvgIpc) is 2.57. The maximum atomic E-state index is 11.8.